The summed E-state index contributed by atoms with van der Waals surface area (Å²) >= 11 is 0. The largest absolute Gasteiger partial charge is 0.494 e. The van der Waals surface area contributed by atoms with Gasteiger partial charge in [0.2, 0.25) is 0 Å². The standard InChI is InChI=1S/C16H17N3O2/c1-2-9-21-13-5-3-12(4-6-13)16(20)14-10-18-19-8-7-17-11-15(14)19/h3-8,10-11,16,20H,2,9H2,1H3. The Hall–Kier alpha value is -2.40. The number of fused-ring (bicyclic) bond motifs is 1. The first-order valence-electron chi connectivity index (χ1n) is 6.97. The van der Waals surface area contributed by atoms with Crippen LogP contribution in [-0.4, -0.2) is 26.3 Å². The summed E-state index contributed by atoms with van der Waals surface area (Å²) in [6.07, 6.45) is 7.03. The van der Waals surface area contributed by atoms with Crippen molar-refractivity contribution in [3.05, 3.63) is 60.2 Å². The predicted molar refractivity (Wildman–Crippen MR) is 79.3 cm³/mol. The minimum Gasteiger partial charge on any atom is -0.494 e. The fourth-order valence-corrected chi connectivity index (χ4v) is 2.21. The molecule has 1 aromatic carbocycles. The van der Waals surface area contributed by atoms with Gasteiger partial charge >= 0.3 is 0 Å². The molecule has 1 N–H and O–H groups in total. The fraction of sp³-hybridized carbons (Fsp3) is 0.250. The van der Waals surface area contributed by atoms with E-state index in [4.69, 9.17) is 4.74 Å². The van der Waals surface area contributed by atoms with Gasteiger partial charge in [-0.25, -0.2) is 4.52 Å². The van der Waals surface area contributed by atoms with E-state index < -0.39 is 6.10 Å². The molecule has 2 heterocycles. The van der Waals surface area contributed by atoms with Crippen molar-refractivity contribution in [3.8, 4) is 5.75 Å². The van der Waals surface area contributed by atoms with E-state index in [1.165, 1.54) is 0 Å². The third-order valence-corrected chi connectivity index (χ3v) is 3.32. The lowest BCUT2D eigenvalue weighted by Crippen LogP contribution is -2.00. The van der Waals surface area contributed by atoms with Crippen molar-refractivity contribution in [2.45, 2.75) is 19.4 Å². The molecule has 0 saturated heterocycles. The first-order valence-corrected chi connectivity index (χ1v) is 6.97. The predicted octanol–water partition coefficient (Wildman–Crippen LogP) is 2.60. The summed E-state index contributed by atoms with van der Waals surface area (Å²) in [7, 11) is 0. The molecule has 0 spiro atoms. The minimum atomic E-state index is -0.730. The molecule has 0 amide bonds. The topological polar surface area (TPSA) is 59.7 Å². The van der Waals surface area contributed by atoms with E-state index in [0.717, 1.165) is 28.8 Å². The summed E-state index contributed by atoms with van der Waals surface area (Å²) in [5.41, 5.74) is 2.35. The average Bonchev–Trinajstić information content (AvgIpc) is 2.97. The normalized spacial score (nSPS) is 12.5. The van der Waals surface area contributed by atoms with E-state index in [-0.39, 0.29) is 0 Å². The molecule has 0 fully saturated rings. The number of ether oxygens (including phenoxy) is 1. The zero-order valence-corrected chi connectivity index (χ0v) is 11.8. The third kappa shape index (κ3) is 2.73. The summed E-state index contributed by atoms with van der Waals surface area (Å²) < 4.78 is 7.24. The summed E-state index contributed by atoms with van der Waals surface area (Å²) in [5.74, 6) is 0.814. The van der Waals surface area contributed by atoms with Crippen LogP contribution in [0.15, 0.2) is 49.1 Å². The molecule has 0 radical (unpaired) electrons. The van der Waals surface area contributed by atoms with Crippen LogP contribution in [0, 0.1) is 0 Å². The maximum atomic E-state index is 10.5. The quantitative estimate of drug-likeness (QED) is 0.782. The number of nitrogens with zero attached hydrogens (tertiary/aromatic N) is 3. The van der Waals surface area contributed by atoms with Gasteiger partial charge in [-0.2, -0.15) is 5.10 Å². The molecule has 0 aliphatic rings. The molecule has 2 aromatic heterocycles. The molecule has 0 saturated carbocycles. The molecule has 1 unspecified atom stereocenters. The zero-order valence-electron chi connectivity index (χ0n) is 11.8. The second kappa shape index (κ2) is 5.93. The summed E-state index contributed by atoms with van der Waals surface area (Å²) in [4.78, 5) is 4.08. The second-order valence-corrected chi connectivity index (χ2v) is 4.83. The lowest BCUT2D eigenvalue weighted by molar-refractivity contribution is 0.221. The van der Waals surface area contributed by atoms with Gasteiger partial charge in [0.1, 0.15) is 11.9 Å². The van der Waals surface area contributed by atoms with Gasteiger partial charge in [0.05, 0.1) is 24.5 Å². The third-order valence-electron chi connectivity index (χ3n) is 3.32. The fourth-order valence-electron chi connectivity index (χ4n) is 2.21. The van der Waals surface area contributed by atoms with Gasteiger partial charge in [-0.1, -0.05) is 19.1 Å². The SMILES string of the molecule is CCCOc1ccc(C(O)c2cnn3ccncc23)cc1. The van der Waals surface area contributed by atoms with Gasteiger partial charge in [-0.3, -0.25) is 4.98 Å². The molecule has 5 heteroatoms. The van der Waals surface area contributed by atoms with Gasteiger partial charge in [-0.05, 0) is 24.1 Å². The Morgan fingerprint density at radius 1 is 1.24 bits per heavy atom. The van der Waals surface area contributed by atoms with Crippen molar-refractivity contribution in [2.24, 2.45) is 0 Å². The summed E-state index contributed by atoms with van der Waals surface area (Å²) in [6, 6.07) is 7.49. The Morgan fingerprint density at radius 3 is 2.81 bits per heavy atom. The van der Waals surface area contributed by atoms with Crippen LogP contribution in [0.5, 0.6) is 5.75 Å². The van der Waals surface area contributed by atoms with Crippen LogP contribution in [0.3, 0.4) is 0 Å². The molecular weight excluding hydrogens is 266 g/mol. The van der Waals surface area contributed by atoms with Crippen LogP contribution in [-0.2, 0) is 0 Å². The smallest absolute Gasteiger partial charge is 0.119 e. The minimum absolute atomic E-state index is 0.696. The van der Waals surface area contributed by atoms with Gasteiger partial charge in [0, 0.05) is 18.0 Å². The lowest BCUT2D eigenvalue weighted by atomic mass is 10.0. The molecule has 0 bridgehead atoms. The average molecular weight is 283 g/mol. The Labute approximate surface area is 122 Å². The highest BCUT2D eigenvalue weighted by atomic mass is 16.5. The molecule has 108 valence electrons. The molecule has 3 aromatic rings. The van der Waals surface area contributed by atoms with Crippen molar-refractivity contribution in [1.29, 1.82) is 0 Å². The monoisotopic (exact) mass is 283 g/mol. The van der Waals surface area contributed by atoms with E-state index in [0.29, 0.717) is 6.61 Å². The van der Waals surface area contributed by atoms with Crippen LogP contribution >= 0.6 is 0 Å². The van der Waals surface area contributed by atoms with Gasteiger partial charge in [-0.15, -0.1) is 0 Å². The van der Waals surface area contributed by atoms with Gasteiger partial charge in [0.25, 0.3) is 0 Å². The van der Waals surface area contributed by atoms with Crippen LogP contribution in [0.2, 0.25) is 0 Å². The van der Waals surface area contributed by atoms with Crippen molar-refractivity contribution >= 4 is 5.52 Å². The molecule has 0 aliphatic carbocycles. The molecule has 5 nitrogen and oxygen atoms in total. The van der Waals surface area contributed by atoms with E-state index in [2.05, 4.69) is 17.0 Å². The van der Waals surface area contributed by atoms with Crippen molar-refractivity contribution in [1.82, 2.24) is 14.6 Å². The Morgan fingerprint density at radius 2 is 2.05 bits per heavy atom. The highest BCUT2D eigenvalue weighted by Crippen LogP contribution is 2.26. The molecular formula is C16H17N3O2. The van der Waals surface area contributed by atoms with E-state index in [9.17, 15) is 5.11 Å². The van der Waals surface area contributed by atoms with Crippen molar-refractivity contribution in [3.63, 3.8) is 0 Å². The second-order valence-electron chi connectivity index (χ2n) is 4.83. The maximum Gasteiger partial charge on any atom is 0.119 e. The summed E-state index contributed by atoms with van der Waals surface area (Å²) in [6.45, 7) is 2.76. The van der Waals surface area contributed by atoms with E-state index in [1.807, 2.05) is 24.3 Å². The zero-order chi connectivity index (χ0) is 14.7. The van der Waals surface area contributed by atoms with Crippen LogP contribution in [0.25, 0.3) is 5.52 Å². The number of rotatable bonds is 5. The molecule has 3 rings (SSSR count). The Bertz CT molecular complexity index is 722. The maximum absolute atomic E-state index is 10.5. The highest BCUT2D eigenvalue weighted by Gasteiger charge is 2.15. The van der Waals surface area contributed by atoms with E-state index >= 15 is 0 Å². The van der Waals surface area contributed by atoms with Gasteiger partial charge < -0.3 is 9.84 Å². The number of aliphatic hydroxyl groups is 1. The molecule has 1 atom stereocenters. The van der Waals surface area contributed by atoms with Crippen LogP contribution in [0.1, 0.15) is 30.6 Å². The number of hydrogen-bond acceptors (Lipinski definition) is 4. The van der Waals surface area contributed by atoms with E-state index in [1.54, 1.807) is 29.3 Å². The molecule has 0 aliphatic heterocycles. The lowest BCUT2D eigenvalue weighted by Gasteiger charge is -2.11. The number of aliphatic hydroxyl groups excluding tert-OH is 1. The molecule has 21 heavy (non-hydrogen) atoms. The Kier molecular flexibility index (Phi) is 3.83. The first-order chi connectivity index (χ1) is 10.3. The van der Waals surface area contributed by atoms with Gasteiger partial charge in [0.15, 0.2) is 0 Å². The number of hydrogen-bond donors (Lipinski definition) is 1. The number of benzene rings is 1. The number of aromatic nitrogens is 3. The van der Waals surface area contributed by atoms with Crippen LogP contribution in [0.4, 0.5) is 0 Å². The highest BCUT2D eigenvalue weighted by molar-refractivity contribution is 5.55. The van der Waals surface area contributed by atoms with Crippen molar-refractivity contribution < 1.29 is 9.84 Å². The first kappa shape index (κ1) is 13.6. The Balaban J connectivity index is 1.86. The van der Waals surface area contributed by atoms with Crippen molar-refractivity contribution in [2.75, 3.05) is 6.61 Å². The van der Waals surface area contributed by atoms with Crippen LogP contribution < -0.4 is 4.74 Å². The summed E-state index contributed by atoms with van der Waals surface area (Å²) in [5, 5.41) is 14.7.